The summed E-state index contributed by atoms with van der Waals surface area (Å²) >= 11 is 0. The van der Waals surface area contributed by atoms with Crippen LogP contribution in [0.2, 0.25) is 0 Å². The van der Waals surface area contributed by atoms with E-state index in [4.69, 9.17) is 5.73 Å². The van der Waals surface area contributed by atoms with Crippen molar-refractivity contribution in [3.8, 4) is 11.3 Å². The number of benzene rings is 1. The van der Waals surface area contributed by atoms with Gasteiger partial charge in [0.25, 0.3) is 0 Å². The van der Waals surface area contributed by atoms with Crippen molar-refractivity contribution in [3.63, 3.8) is 0 Å². The third-order valence-electron chi connectivity index (χ3n) is 3.52. The number of rotatable bonds is 3. The van der Waals surface area contributed by atoms with E-state index in [0.29, 0.717) is 12.1 Å². The van der Waals surface area contributed by atoms with E-state index in [1.54, 1.807) is 6.20 Å². The van der Waals surface area contributed by atoms with E-state index in [-0.39, 0.29) is 0 Å². The number of H-pyrrole nitrogens is 1. The number of aromatic amines is 1. The number of anilines is 1. The molecular formula is C14H18N4. The van der Waals surface area contributed by atoms with Crippen LogP contribution in [0.4, 0.5) is 5.69 Å². The fourth-order valence-electron chi connectivity index (χ4n) is 2.58. The molecule has 18 heavy (non-hydrogen) atoms. The van der Waals surface area contributed by atoms with E-state index in [9.17, 15) is 0 Å². The Morgan fingerprint density at radius 2 is 2.22 bits per heavy atom. The average molecular weight is 242 g/mol. The van der Waals surface area contributed by atoms with Gasteiger partial charge >= 0.3 is 0 Å². The second-order valence-electron chi connectivity index (χ2n) is 4.97. The zero-order chi connectivity index (χ0) is 12.4. The minimum Gasteiger partial charge on any atom is -0.382 e. The molecule has 4 N–H and O–H groups in total. The third-order valence-corrected chi connectivity index (χ3v) is 3.52. The van der Waals surface area contributed by atoms with Crippen molar-refractivity contribution in [1.82, 2.24) is 10.2 Å². The Morgan fingerprint density at radius 1 is 1.28 bits per heavy atom. The summed E-state index contributed by atoms with van der Waals surface area (Å²) in [4.78, 5) is 0. The molecule has 3 rings (SSSR count). The maximum atomic E-state index is 5.93. The molecule has 1 heterocycles. The Labute approximate surface area is 107 Å². The van der Waals surface area contributed by atoms with Crippen LogP contribution < -0.4 is 11.1 Å². The Balaban J connectivity index is 1.75. The Bertz CT molecular complexity index is 506. The van der Waals surface area contributed by atoms with Gasteiger partial charge < -0.3 is 11.1 Å². The lowest BCUT2D eigenvalue weighted by Crippen LogP contribution is -2.20. The Kier molecular flexibility index (Phi) is 3.02. The highest BCUT2D eigenvalue weighted by atomic mass is 15.1. The van der Waals surface area contributed by atoms with Gasteiger partial charge in [-0.2, -0.15) is 5.10 Å². The summed E-state index contributed by atoms with van der Waals surface area (Å²) in [6.07, 6.45) is 5.12. The lowest BCUT2D eigenvalue weighted by molar-refractivity contribution is 0.688. The van der Waals surface area contributed by atoms with Crippen molar-refractivity contribution in [2.45, 2.75) is 31.3 Å². The first kappa shape index (κ1) is 11.3. The number of hydrogen-bond acceptors (Lipinski definition) is 3. The summed E-state index contributed by atoms with van der Waals surface area (Å²) < 4.78 is 0. The molecule has 4 heteroatoms. The van der Waals surface area contributed by atoms with Gasteiger partial charge in [-0.3, -0.25) is 5.10 Å². The highest BCUT2D eigenvalue weighted by Crippen LogP contribution is 2.24. The van der Waals surface area contributed by atoms with Crippen molar-refractivity contribution in [3.05, 3.63) is 36.5 Å². The number of nitrogens with zero attached hydrogens (tertiary/aromatic N) is 1. The summed E-state index contributed by atoms with van der Waals surface area (Å²) in [5, 5.41) is 10.5. The van der Waals surface area contributed by atoms with Gasteiger partial charge in [-0.25, -0.2) is 0 Å². The molecule has 4 nitrogen and oxygen atoms in total. The van der Waals surface area contributed by atoms with Gasteiger partial charge in [-0.1, -0.05) is 12.1 Å². The van der Waals surface area contributed by atoms with E-state index >= 15 is 0 Å². The second-order valence-corrected chi connectivity index (χ2v) is 4.97. The Morgan fingerprint density at radius 3 is 2.94 bits per heavy atom. The van der Waals surface area contributed by atoms with Crippen molar-refractivity contribution >= 4 is 5.69 Å². The molecule has 1 aliphatic rings. The highest BCUT2D eigenvalue weighted by Gasteiger charge is 2.21. The first-order valence-electron chi connectivity index (χ1n) is 6.43. The van der Waals surface area contributed by atoms with Gasteiger partial charge in [0.15, 0.2) is 0 Å². The van der Waals surface area contributed by atoms with E-state index in [1.807, 2.05) is 6.07 Å². The molecule has 2 unspecified atom stereocenters. The standard InChI is InChI=1S/C14H18N4/c15-11-4-5-13(9-11)17-12-3-1-2-10(8-12)14-6-7-16-18-14/h1-3,6-8,11,13,17H,4-5,9,15H2,(H,16,18). The molecule has 1 aromatic heterocycles. The molecule has 0 amide bonds. The molecular weight excluding hydrogens is 224 g/mol. The predicted molar refractivity (Wildman–Crippen MR) is 73.3 cm³/mol. The first-order valence-corrected chi connectivity index (χ1v) is 6.43. The van der Waals surface area contributed by atoms with Crippen LogP contribution in [0.15, 0.2) is 36.5 Å². The monoisotopic (exact) mass is 242 g/mol. The molecule has 2 atom stereocenters. The van der Waals surface area contributed by atoms with Gasteiger partial charge in [-0.05, 0) is 37.5 Å². The largest absolute Gasteiger partial charge is 0.382 e. The van der Waals surface area contributed by atoms with E-state index in [0.717, 1.165) is 36.2 Å². The smallest absolute Gasteiger partial charge is 0.0650 e. The maximum absolute atomic E-state index is 5.93. The first-order chi connectivity index (χ1) is 8.81. The van der Waals surface area contributed by atoms with Gasteiger partial charge in [0.05, 0.1) is 5.69 Å². The minimum absolute atomic E-state index is 0.360. The van der Waals surface area contributed by atoms with Crippen LogP contribution in [-0.4, -0.2) is 22.3 Å². The molecule has 0 radical (unpaired) electrons. The van der Waals surface area contributed by atoms with Gasteiger partial charge in [-0.15, -0.1) is 0 Å². The SMILES string of the molecule is NC1CCC(Nc2cccc(-c3ccn[nH]3)c2)C1. The van der Waals surface area contributed by atoms with E-state index in [1.165, 1.54) is 0 Å². The van der Waals surface area contributed by atoms with Crippen LogP contribution in [0.1, 0.15) is 19.3 Å². The molecule has 94 valence electrons. The van der Waals surface area contributed by atoms with Crippen LogP contribution in [-0.2, 0) is 0 Å². The predicted octanol–water partition coefficient (Wildman–Crippen LogP) is 2.37. The fraction of sp³-hybridized carbons (Fsp3) is 0.357. The van der Waals surface area contributed by atoms with Crippen LogP contribution in [0, 0.1) is 0 Å². The molecule has 1 saturated carbocycles. The summed E-state index contributed by atoms with van der Waals surface area (Å²) in [5.41, 5.74) is 9.28. The van der Waals surface area contributed by atoms with Gasteiger partial charge in [0.2, 0.25) is 0 Å². The van der Waals surface area contributed by atoms with Crippen LogP contribution in [0.5, 0.6) is 0 Å². The van der Waals surface area contributed by atoms with Gasteiger partial charge in [0.1, 0.15) is 0 Å². The quantitative estimate of drug-likeness (QED) is 0.774. The normalized spacial score (nSPS) is 23.2. The lowest BCUT2D eigenvalue weighted by atomic mass is 10.1. The van der Waals surface area contributed by atoms with Crippen LogP contribution in [0.25, 0.3) is 11.3 Å². The summed E-state index contributed by atoms with van der Waals surface area (Å²) in [5.74, 6) is 0. The number of nitrogens with one attached hydrogen (secondary N) is 2. The molecule has 0 bridgehead atoms. The third kappa shape index (κ3) is 2.38. The maximum Gasteiger partial charge on any atom is 0.0650 e. The molecule has 2 aromatic rings. The lowest BCUT2D eigenvalue weighted by Gasteiger charge is -2.14. The highest BCUT2D eigenvalue weighted by molar-refractivity contribution is 5.64. The molecule has 1 aliphatic carbocycles. The number of hydrogen-bond donors (Lipinski definition) is 3. The molecule has 1 fully saturated rings. The number of aromatic nitrogens is 2. The second kappa shape index (κ2) is 4.82. The average Bonchev–Trinajstić information content (AvgIpc) is 3.01. The van der Waals surface area contributed by atoms with Crippen molar-refractivity contribution in [2.24, 2.45) is 5.73 Å². The van der Waals surface area contributed by atoms with E-state index < -0.39 is 0 Å². The topological polar surface area (TPSA) is 66.7 Å². The minimum atomic E-state index is 0.360. The summed E-state index contributed by atoms with van der Waals surface area (Å²) in [7, 11) is 0. The zero-order valence-corrected chi connectivity index (χ0v) is 10.3. The number of nitrogens with two attached hydrogens (primary N) is 1. The summed E-state index contributed by atoms with van der Waals surface area (Å²) in [6, 6.07) is 11.2. The van der Waals surface area contributed by atoms with Crippen molar-refractivity contribution in [2.75, 3.05) is 5.32 Å². The van der Waals surface area contributed by atoms with Gasteiger partial charge in [0, 0.05) is 29.5 Å². The Hall–Kier alpha value is -1.81. The molecule has 0 saturated heterocycles. The van der Waals surface area contributed by atoms with Crippen LogP contribution in [0.3, 0.4) is 0 Å². The summed E-state index contributed by atoms with van der Waals surface area (Å²) in [6.45, 7) is 0. The molecule has 0 aliphatic heterocycles. The zero-order valence-electron chi connectivity index (χ0n) is 10.3. The van der Waals surface area contributed by atoms with E-state index in [2.05, 4.69) is 39.8 Å². The molecule has 0 spiro atoms. The molecule has 1 aromatic carbocycles. The van der Waals surface area contributed by atoms with Crippen molar-refractivity contribution < 1.29 is 0 Å². The van der Waals surface area contributed by atoms with Crippen LogP contribution >= 0.6 is 0 Å². The van der Waals surface area contributed by atoms with Crippen molar-refractivity contribution in [1.29, 1.82) is 0 Å². The fourth-order valence-corrected chi connectivity index (χ4v) is 2.58.